The molecule has 1 aromatic carbocycles. The van der Waals surface area contributed by atoms with Crippen molar-refractivity contribution in [1.82, 2.24) is 19.6 Å². The van der Waals surface area contributed by atoms with E-state index in [9.17, 15) is 9.59 Å². The Bertz CT molecular complexity index is 982. The Morgan fingerprint density at radius 3 is 2.64 bits per heavy atom. The Kier molecular flexibility index (Phi) is 6.31. The smallest absolute Gasteiger partial charge is 0.287 e. The zero-order chi connectivity index (χ0) is 20.1. The van der Waals surface area contributed by atoms with E-state index in [0.29, 0.717) is 23.6 Å². The number of carbonyl (C=O) groups is 2. The van der Waals surface area contributed by atoms with Crippen molar-refractivity contribution in [3.05, 3.63) is 70.8 Å². The monoisotopic (exact) mass is 398 g/mol. The van der Waals surface area contributed by atoms with Crippen LogP contribution in [-0.4, -0.2) is 39.7 Å². The summed E-state index contributed by atoms with van der Waals surface area (Å²) < 4.78 is 1.65. The fourth-order valence-corrected chi connectivity index (χ4v) is 3.02. The molecule has 0 aliphatic rings. The van der Waals surface area contributed by atoms with E-state index in [1.807, 2.05) is 18.2 Å². The summed E-state index contributed by atoms with van der Waals surface area (Å²) in [6.07, 6.45) is 3.66. The van der Waals surface area contributed by atoms with Gasteiger partial charge in [0.1, 0.15) is 0 Å². The Balaban J connectivity index is 1.84. The van der Waals surface area contributed by atoms with Crippen molar-refractivity contribution < 1.29 is 9.59 Å². The molecule has 0 spiro atoms. The molecule has 2 aromatic heterocycles. The highest BCUT2D eigenvalue weighted by Crippen LogP contribution is 2.16. The van der Waals surface area contributed by atoms with Crippen LogP contribution in [0.15, 0.2) is 48.7 Å². The van der Waals surface area contributed by atoms with Crippen LogP contribution < -0.4 is 5.32 Å². The SMILES string of the molecule is CCCCN(C)C(=O)c1nc(C(=O)NCc2ccc(Cl)cc2)n2ccccc12. The molecule has 0 radical (unpaired) electrons. The van der Waals surface area contributed by atoms with Gasteiger partial charge in [-0.2, -0.15) is 0 Å². The van der Waals surface area contributed by atoms with Crippen LogP contribution in [-0.2, 0) is 6.54 Å². The molecule has 28 heavy (non-hydrogen) atoms. The molecule has 0 saturated heterocycles. The third-order valence-electron chi connectivity index (χ3n) is 4.51. The number of hydrogen-bond donors (Lipinski definition) is 1. The maximum atomic E-state index is 12.8. The minimum Gasteiger partial charge on any atom is -0.345 e. The van der Waals surface area contributed by atoms with Crippen LogP contribution in [0.3, 0.4) is 0 Å². The fourth-order valence-electron chi connectivity index (χ4n) is 2.90. The van der Waals surface area contributed by atoms with Crippen LogP contribution >= 0.6 is 11.6 Å². The summed E-state index contributed by atoms with van der Waals surface area (Å²) in [5.41, 5.74) is 1.83. The van der Waals surface area contributed by atoms with E-state index < -0.39 is 0 Å². The number of halogens is 1. The van der Waals surface area contributed by atoms with Crippen LogP contribution in [0.2, 0.25) is 5.02 Å². The van der Waals surface area contributed by atoms with Gasteiger partial charge in [-0.05, 0) is 36.2 Å². The summed E-state index contributed by atoms with van der Waals surface area (Å²) in [6.45, 7) is 3.07. The van der Waals surface area contributed by atoms with E-state index in [1.54, 1.807) is 46.8 Å². The van der Waals surface area contributed by atoms with Crippen LogP contribution in [0.4, 0.5) is 0 Å². The number of amides is 2. The lowest BCUT2D eigenvalue weighted by Crippen LogP contribution is -2.28. The number of unbranched alkanes of at least 4 members (excludes halogenated alkanes) is 1. The average Bonchev–Trinajstić information content (AvgIpc) is 3.10. The van der Waals surface area contributed by atoms with E-state index in [4.69, 9.17) is 11.6 Å². The van der Waals surface area contributed by atoms with Crippen molar-refractivity contribution in [3.8, 4) is 0 Å². The molecule has 0 fully saturated rings. The van der Waals surface area contributed by atoms with Gasteiger partial charge in [-0.1, -0.05) is 43.1 Å². The third kappa shape index (κ3) is 4.34. The molecule has 146 valence electrons. The highest BCUT2D eigenvalue weighted by molar-refractivity contribution is 6.30. The first-order chi connectivity index (χ1) is 13.5. The number of aromatic nitrogens is 2. The molecule has 3 rings (SSSR count). The Morgan fingerprint density at radius 1 is 1.18 bits per heavy atom. The first kappa shape index (κ1) is 19.9. The van der Waals surface area contributed by atoms with Crippen molar-refractivity contribution in [2.45, 2.75) is 26.3 Å². The van der Waals surface area contributed by atoms with Crippen LogP contribution in [0.25, 0.3) is 5.52 Å². The molecular formula is C21H23ClN4O2. The Morgan fingerprint density at radius 2 is 1.93 bits per heavy atom. The van der Waals surface area contributed by atoms with Gasteiger partial charge in [0.15, 0.2) is 5.69 Å². The normalized spacial score (nSPS) is 10.8. The number of pyridine rings is 1. The van der Waals surface area contributed by atoms with Crippen LogP contribution in [0.5, 0.6) is 0 Å². The van der Waals surface area contributed by atoms with E-state index in [0.717, 1.165) is 18.4 Å². The maximum absolute atomic E-state index is 12.8. The van der Waals surface area contributed by atoms with E-state index >= 15 is 0 Å². The first-order valence-electron chi connectivity index (χ1n) is 9.26. The highest BCUT2D eigenvalue weighted by Gasteiger charge is 2.23. The number of hydrogen-bond acceptors (Lipinski definition) is 3. The zero-order valence-corrected chi connectivity index (χ0v) is 16.7. The van der Waals surface area contributed by atoms with E-state index in [2.05, 4.69) is 17.2 Å². The van der Waals surface area contributed by atoms with Crippen molar-refractivity contribution in [2.24, 2.45) is 0 Å². The minimum atomic E-state index is -0.341. The van der Waals surface area contributed by atoms with Crippen molar-refractivity contribution in [3.63, 3.8) is 0 Å². The molecule has 0 saturated carbocycles. The molecule has 0 bridgehead atoms. The number of benzene rings is 1. The largest absolute Gasteiger partial charge is 0.345 e. The molecule has 1 N–H and O–H groups in total. The molecule has 0 atom stereocenters. The van der Waals surface area contributed by atoms with Crippen LogP contribution in [0, 0.1) is 0 Å². The van der Waals surface area contributed by atoms with Crippen molar-refractivity contribution >= 4 is 28.9 Å². The lowest BCUT2D eigenvalue weighted by atomic mass is 10.2. The summed E-state index contributed by atoms with van der Waals surface area (Å²) in [5.74, 6) is -0.336. The number of carbonyl (C=O) groups excluding carboxylic acids is 2. The second-order valence-electron chi connectivity index (χ2n) is 6.63. The van der Waals surface area contributed by atoms with Gasteiger partial charge in [-0.15, -0.1) is 0 Å². The lowest BCUT2D eigenvalue weighted by molar-refractivity contribution is 0.0790. The van der Waals surface area contributed by atoms with Gasteiger partial charge in [-0.25, -0.2) is 4.98 Å². The van der Waals surface area contributed by atoms with Gasteiger partial charge < -0.3 is 10.2 Å². The zero-order valence-electron chi connectivity index (χ0n) is 16.0. The highest BCUT2D eigenvalue weighted by atomic mass is 35.5. The number of nitrogens with one attached hydrogen (secondary N) is 1. The quantitative estimate of drug-likeness (QED) is 0.658. The topological polar surface area (TPSA) is 66.7 Å². The molecule has 0 unspecified atom stereocenters. The Labute approximate surface area is 169 Å². The number of fused-ring (bicyclic) bond motifs is 1. The minimum absolute atomic E-state index is 0.186. The molecule has 2 amide bonds. The molecule has 0 aliphatic heterocycles. The summed E-state index contributed by atoms with van der Waals surface area (Å²) in [4.78, 5) is 31.6. The molecule has 7 heteroatoms. The summed E-state index contributed by atoms with van der Waals surface area (Å²) in [6, 6.07) is 12.7. The molecule has 2 heterocycles. The number of rotatable bonds is 7. The van der Waals surface area contributed by atoms with Gasteiger partial charge in [0.2, 0.25) is 5.82 Å². The van der Waals surface area contributed by atoms with Crippen molar-refractivity contribution in [1.29, 1.82) is 0 Å². The number of imidazole rings is 1. The van der Waals surface area contributed by atoms with Crippen LogP contribution in [0.1, 0.15) is 46.4 Å². The Hall–Kier alpha value is -2.86. The number of nitrogens with zero attached hydrogens (tertiary/aromatic N) is 3. The predicted molar refractivity (Wildman–Crippen MR) is 110 cm³/mol. The van der Waals surface area contributed by atoms with E-state index in [-0.39, 0.29) is 23.3 Å². The van der Waals surface area contributed by atoms with Gasteiger partial charge in [0.05, 0.1) is 5.52 Å². The van der Waals surface area contributed by atoms with Crippen molar-refractivity contribution in [2.75, 3.05) is 13.6 Å². The molecule has 3 aromatic rings. The second kappa shape index (κ2) is 8.89. The predicted octanol–water partition coefficient (Wildman–Crippen LogP) is 3.79. The second-order valence-corrected chi connectivity index (χ2v) is 7.07. The fraction of sp³-hybridized carbons (Fsp3) is 0.286. The summed E-state index contributed by atoms with van der Waals surface area (Å²) in [7, 11) is 1.76. The first-order valence-corrected chi connectivity index (χ1v) is 9.64. The third-order valence-corrected chi connectivity index (χ3v) is 4.77. The van der Waals surface area contributed by atoms with E-state index in [1.165, 1.54) is 0 Å². The molecule has 0 aliphatic carbocycles. The maximum Gasteiger partial charge on any atom is 0.287 e. The van der Waals surface area contributed by atoms with Gasteiger partial charge in [-0.3, -0.25) is 14.0 Å². The lowest BCUT2D eigenvalue weighted by Gasteiger charge is -2.15. The molecule has 6 nitrogen and oxygen atoms in total. The molecular weight excluding hydrogens is 376 g/mol. The standard InChI is InChI=1S/C21H23ClN4O2/c1-3-4-12-25(2)21(28)18-17-7-5-6-13-26(17)19(24-18)20(27)23-14-15-8-10-16(22)11-9-15/h5-11,13H,3-4,12,14H2,1-2H3,(H,23,27). The summed E-state index contributed by atoms with van der Waals surface area (Å²) >= 11 is 5.89. The van der Waals surface area contributed by atoms with Gasteiger partial charge in [0.25, 0.3) is 11.8 Å². The average molecular weight is 399 g/mol. The van der Waals surface area contributed by atoms with Gasteiger partial charge >= 0.3 is 0 Å². The summed E-state index contributed by atoms with van der Waals surface area (Å²) in [5, 5.41) is 3.50. The van der Waals surface area contributed by atoms with Gasteiger partial charge in [0, 0.05) is 31.4 Å².